The van der Waals surface area contributed by atoms with Gasteiger partial charge < -0.3 is 9.64 Å². The van der Waals surface area contributed by atoms with Gasteiger partial charge in [-0.1, -0.05) is 25.4 Å². The van der Waals surface area contributed by atoms with Crippen molar-refractivity contribution in [3.8, 4) is 5.69 Å². The normalized spacial score (nSPS) is 26.5. The molecule has 1 aromatic heterocycles. The maximum atomic E-state index is 13.2. The maximum absolute atomic E-state index is 13.2. The molecule has 0 radical (unpaired) electrons. The van der Waals surface area contributed by atoms with Gasteiger partial charge in [0, 0.05) is 38.0 Å². The van der Waals surface area contributed by atoms with Crippen molar-refractivity contribution >= 4 is 17.5 Å². The molecule has 4 rings (SSSR count). The van der Waals surface area contributed by atoms with Crippen LogP contribution in [0.5, 0.6) is 0 Å². The van der Waals surface area contributed by atoms with E-state index in [1.165, 1.54) is 0 Å². The number of fused-ring (bicyclic) bond motifs is 1. The molecule has 6 heteroatoms. The number of rotatable bonds is 4. The van der Waals surface area contributed by atoms with Gasteiger partial charge in [0.2, 0.25) is 0 Å². The van der Waals surface area contributed by atoms with Crippen LogP contribution in [0.4, 0.5) is 0 Å². The second kappa shape index (κ2) is 6.10. The first-order valence-electron chi connectivity index (χ1n) is 8.94. The topological polar surface area (TPSA) is 47.4 Å². The second-order valence-corrected chi connectivity index (χ2v) is 8.72. The fraction of sp³-hybridized carbons (Fsp3) is 0.500. The molecule has 1 saturated carbocycles. The van der Waals surface area contributed by atoms with Crippen molar-refractivity contribution < 1.29 is 9.53 Å². The molecule has 2 fully saturated rings. The smallest absolute Gasteiger partial charge is 0.255 e. The van der Waals surface area contributed by atoms with Crippen LogP contribution in [-0.2, 0) is 4.74 Å². The highest BCUT2D eigenvalue weighted by molar-refractivity contribution is 6.33. The average molecular weight is 374 g/mol. The van der Waals surface area contributed by atoms with E-state index in [9.17, 15) is 4.79 Å². The first-order valence-corrected chi connectivity index (χ1v) is 9.32. The van der Waals surface area contributed by atoms with E-state index in [-0.39, 0.29) is 16.7 Å². The maximum Gasteiger partial charge on any atom is 0.255 e. The molecular formula is C20H24ClN3O2. The molecule has 0 bridgehead atoms. The number of amides is 1. The van der Waals surface area contributed by atoms with Crippen LogP contribution in [0.3, 0.4) is 0 Å². The number of methoxy groups -OCH3 is 1. The third-order valence-corrected chi connectivity index (χ3v) is 6.40. The largest absolute Gasteiger partial charge is 0.384 e. The lowest BCUT2D eigenvalue weighted by atomic mass is 9.48. The molecule has 5 nitrogen and oxygen atoms in total. The molecule has 0 N–H and O–H groups in total. The van der Waals surface area contributed by atoms with E-state index in [1.807, 2.05) is 29.3 Å². The number of hydrogen-bond donors (Lipinski definition) is 0. The van der Waals surface area contributed by atoms with Gasteiger partial charge >= 0.3 is 0 Å². The van der Waals surface area contributed by atoms with Gasteiger partial charge in [-0.25, -0.2) is 4.68 Å². The Bertz CT molecular complexity index is 834. The van der Waals surface area contributed by atoms with Crippen molar-refractivity contribution in [2.75, 3.05) is 26.8 Å². The number of nitrogens with zero attached hydrogens (tertiary/aromatic N) is 3. The number of hydrogen-bond acceptors (Lipinski definition) is 3. The summed E-state index contributed by atoms with van der Waals surface area (Å²) < 4.78 is 7.23. The Kier molecular flexibility index (Phi) is 4.12. The molecule has 2 atom stereocenters. The lowest BCUT2D eigenvalue weighted by Crippen LogP contribution is -2.55. The molecule has 138 valence electrons. The minimum absolute atomic E-state index is 0.00955. The number of aromatic nitrogens is 2. The highest BCUT2D eigenvalue weighted by Gasteiger charge is 2.63. The molecule has 1 aliphatic carbocycles. The standard InChI is InChI=1S/C20H24ClN3O2/c1-19(2)11-20(13-26-3)12-23(10-17(19)20)18(25)15-9-14(5-6-16(15)21)24-8-4-7-22-24/h4-9,17H,10-13H2,1-3H3/t17-,20-/m1/s1. The summed E-state index contributed by atoms with van der Waals surface area (Å²) in [6.45, 7) is 6.76. The lowest BCUT2D eigenvalue weighted by Gasteiger charge is -2.56. The Hall–Kier alpha value is -1.85. The highest BCUT2D eigenvalue weighted by Crippen LogP contribution is 2.62. The number of carbonyl (C=O) groups excluding carboxylic acids is 1. The number of likely N-dealkylation sites (tertiary alicyclic amines) is 1. The van der Waals surface area contributed by atoms with Gasteiger partial charge in [-0.05, 0) is 42.0 Å². The molecule has 2 aromatic rings. The van der Waals surface area contributed by atoms with Crippen molar-refractivity contribution in [2.24, 2.45) is 16.7 Å². The molecule has 1 aromatic carbocycles. The van der Waals surface area contributed by atoms with Crippen LogP contribution < -0.4 is 0 Å². The Morgan fingerprint density at radius 1 is 1.42 bits per heavy atom. The predicted octanol–water partition coefficient (Wildman–Crippen LogP) is 3.66. The van der Waals surface area contributed by atoms with Gasteiger partial charge in [-0.15, -0.1) is 0 Å². The quantitative estimate of drug-likeness (QED) is 0.821. The van der Waals surface area contributed by atoms with Crippen LogP contribution in [0, 0.1) is 16.7 Å². The lowest BCUT2D eigenvalue weighted by molar-refractivity contribution is -0.107. The van der Waals surface area contributed by atoms with Gasteiger partial charge in [0.05, 0.1) is 22.9 Å². The molecular weight excluding hydrogens is 350 g/mol. The van der Waals surface area contributed by atoms with Gasteiger partial charge in [0.1, 0.15) is 0 Å². The van der Waals surface area contributed by atoms with E-state index < -0.39 is 0 Å². The van der Waals surface area contributed by atoms with Gasteiger partial charge in [0.25, 0.3) is 5.91 Å². The van der Waals surface area contributed by atoms with Crippen LogP contribution >= 0.6 is 11.6 Å². The molecule has 0 spiro atoms. The van der Waals surface area contributed by atoms with Crippen LogP contribution in [0.1, 0.15) is 30.6 Å². The van der Waals surface area contributed by atoms with Crippen LogP contribution in [-0.4, -0.2) is 47.4 Å². The van der Waals surface area contributed by atoms with Crippen LogP contribution in [0.25, 0.3) is 5.69 Å². The van der Waals surface area contributed by atoms with Crippen molar-refractivity contribution in [3.63, 3.8) is 0 Å². The summed E-state index contributed by atoms with van der Waals surface area (Å²) in [5, 5.41) is 4.71. The molecule has 2 aliphatic rings. The summed E-state index contributed by atoms with van der Waals surface area (Å²) in [7, 11) is 1.74. The summed E-state index contributed by atoms with van der Waals surface area (Å²) in [4.78, 5) is 15.2. The third kappa shape index (κ3) is 2.65. The fourth-order valence-electron chi connectivity index (χ4n) is 5.17. The van der Waals surface area contributed by atoms with E-state index in [0.29, 0.717) is 23.1 Å². The van der Waals surface area contributed by atoms with Gasteiger partial charge in [-0.3, -0.25) is 4.79 Å². The van der Waals surface area contributed by atoms with Crippen molar-refractivity contribution in [1.82, 2.24) is 14.7 Å². The second-order valence-electron chi connectivity index (χ2n) is 8.31. The Balaban J connectivity index is 1.62. The van der Waals surface area contributed by atoms with Crippen LogP contribution in [0.2, 0.25) is 5.02 Å². The molecule has 26 heavy (non-hydrogen) atoms. The zero-order valence-electron chi connectivity index (χ0n) is 15.4. The van der Waals surface area contributed by atoms with Crippen molar-refractivity contribution in [1.29, 1.82) is 0 Å². The van der Waals surface area contributed by atoms with E-state index in [1.54, 1.807) is 24.1 Å². The predicted molar refractivity (Wildman–Crippen MR) is 101 cm³/mol. The van der Waals surface area contributed by atoms with Gasteiger partial charge in [-0.2, -0.15) is 5.10 Å². The summed E-state index contributed by atoms with van der Waals surface area (Å²) >= 11 is 6.37. The minimum atomic E-state index is -0.00955. The highest BCUT2D eigenvalue weighted by atomic mass is 35.5. The first-order chi connectivity index (χ1) is 12.4. The molecule has 2 heterocycles. The Morgan fingerprint density at radius 2 is 2.23 bits per heavy atom. The number of carbonyl (C=O) groups is 1. The third-order valence-electron chi connectivity index (χ3n) is 6.07. The van der Waals surface area contributed by atoms with E-state index >= 15 is 0 Å². The average Bonchev–Trinajstić information content (AvgIpc) is 3.22. The fourth-order valence-corrected chi connectivity index (χ4v) is 5.37. The van der Waals surface area contributed by atoms with Crippen molar-refractivity contribution in [2.45, 2.75) is 20.3 Å². The number of benzene rings is 1. The van der Waals surface area contributed by atoms with E-state index in [2.05, 4.69) is 18.9 Å². The summed E-state index contributed by atoms with van der Waals surface area (Å²) in [6, 6.07) is 7.32. The summed E-state index contributed by atoms with van der Waals surface area (Å²) in [5.41, 5.74) is 1.69. The molecule has 0 unspecified atom stereocenters. The van der Waals surface area contributed by atoms with Crippen LogP contribution in [0.15, 0.2) is 36.7 Å². The van der Waals surface area contributed by atoms with Crippen molar-refractivity contribution in [3.05, 3.63) is 47.2 Å². The summed E-state index contributed by atoms with van der Waals surface area (Å²) in [6.07, 6.45) is 4.65. The monoisotopic (exact) mass is 373 g/mol. The first kappa shape index (κ1) is 17.6. The van der Waals surface area contributed by atoms with E-state index in [4.69, 9.17) is 16.3 Å². The zero-order valence-corrected chi connectivity index (χ0v) is 16.2. The molecule has 1 saturated heterocycles. The Morgan fingerprint density at radius 3 is 2.88 bits per heavy atom. The number of halogens is 1. The van der Waals surface area contributed by atoms with E-state index in [0.717, 1.165) is 25.2 Å². The SMILES string of the molecule is COC[C@@]12CN(C(=O)c3cc(-n4cccn4)ccc3Cl)C[C@@H]1C(C)(C)C2. The number of ether oxygens (including phenoxy) is 1. The molecule has 1 aliphatic heterocycles. The zero-order chi connectivity index (χ0) is 18.5. The summed E-state index contributed by atoms with van der Waals surface area (Å²) in [5.74, 6) is 0.455. The van der Waals surface area contributed by atoms with Gasteiger partial charge in [0.15, 0.2) is 0 Å². The minimum Gasteiger partial charge on any atom is -0.384 e. The molecule has 1 amide bonds. The Labute approximate surface area is 158 Å².